The molecule has 4 nitrogen and oxygen atoms in total. The Morgan fingerprint density at radius 2 is 1.95 bits per heavy atom. The van der Waals surface area contributed by atoms with Gasteiger partial charge in [0.05, 0.1) is 12.2 Å². The van der Waals surface area contributed by atoms with Crippen LogP contribution >= 0.6 is 22.3 Å². The predicted molar refractivity (Wildman–Crippen MR) is 79.9 cm³/mol. The molecule has 1 heterocycles. The number of hydrogen-bond acceptors (Lipinski definition) is 3. The third kappa shape index (κ3) is 3.00. The van der Waals surface area contributed by atoms with E-state index in [2.05, 4.69) is 5.10 Å². The number of nitrogens with zero attached hydrogens (tertiary/aromatic N) is 2. The summed E-state index contributed by atoms with van der Waals surface area (Å²) in [7, 11) is 1.53. The average Bonchev–Trinajstić information content (AvgIpc) is 2.69. The van der Waals surface area contributed by atoms with Crippen LogP contribution in [0.5, 0.6) is 0 Å². The highest BCUT2D eigenvalue weighted by Crippen LogP contribution is 2.29. The van der Waals surface area contributed by atoms with Crippen LogP contribution in [0, 0.1) is 6.92 Å². The van der Waals surface area contributed by atoms with Crippen LogP contribution < -0.4 is 0 Å². The molecule has 20 heavy (non-hydrogen) atoms. The molecule has 1 aromatic heterocycles. The molecule has 0 saturated carbocycles. The molecule has 0 unspecified atom stereocenters. The monoisotopic (exact) mass is 332 g/mol. The molecule has 0 aliphatic heterocycles. The molecule has 0 aliphatic carbocycles. The molecule has 0 radical (unpaired) electrons. The summed E-state index contributed by atoms with van der Waals surface area (Å²) in [5.41, 5.74) is 2.50. The quantitative estimate of drug-likeness (QED) is 0.806. The van der Waals surface area contributed by atoms with Crippen molar-refractivity contribution in [1.29, 1.82) is 0 Å². The van der Waals surface area contributed by atoms with Crippen LogP contribution in [0.25, 0.3) is 0 Å². The number of aromatic nitrogens is 2. The third-order valence-electron chi connectivity index (χ3n) is 3.08. The Balaban J connectivity index is 2.50. The van der Waals surface area contributed by atoms with Crippen molar-refractivity contribution in [3.05, 3.63) is 46.2 Å². The van der Waals surface area contributed by atoms with Crippen molar-refractivity contribution in [2.75, 3.05) is 0 Å². The van der Waals surface area contributed by atoms with Crippen molar-refractivity contribution in [3.8, 4) is 0 Å². The minimum atomic E-state index is -3.90. The van der Waals surface area contributed by atoms with Gasteiger partial charge in [-0.3, -0.25) is 0 Å². The van der Waals surface area contributed by atoms with Crippen molar-refractivity contribution < 1.29 is 8.42 Å². The summed E-state index contributed by atoms with van der Waals surface area (Å²) in [5, 5.41) is 4.31. The highest BCUT2D eigenvalue weighted by atomic mass is 35.7. The van der Waals surface area contributed by atoms with E-state index in [0.717, 1.165) is 11.1 Å². The van der Waals surface area contributed by atoms with E-state index in [1.165, 1.54) is 4.68 Å². The molecule has 2 aromatic rings. The Morgan fingerprint density at radius 3 is 2.45 bits per heavy atom. The van der Waals surface area contributed by atoms with Crippen LogP contribution in [0.3, 0.4) is 0 Å². The molecule has 7 heteroatoms. The molecule has 0 bridgehead atoms. The lowest BCUT2D eigenvalue weighted by atomic mass is 10.1. The van der Waals surface area contributed by atoms with Gasteiger partial charge in [-0.1, -0.05) is 42.8 Å². The van der Waals surface area contributed by atoms with Gasteiger partial charge in [0, 0.05) is 10.7 Å². The van der Waals surface area contributed by atoms with Crippen LogP contribution in [0.15, 0.2) is 29.2 Å². The van der Waals surface area contributed by atoms with Gasteiger partial charge in [0.25, 0.3) is 9.05 Å². The minimum absolute atomic E-state index is 0.0557. The van der Waals surface area contributed by atoms with Crippen LogP contribution in [-0.4, -0.2) is 18.2 Å². The van der Waals surface area contributed by atoms with E-state index in [1.807, 2.05) is 38.1 Å². The van der Waals surface area contributed by atoms with Gasteiger partial charge in [0.15, 0.2) is 0 Å². The predicted octanol–water partition coefficient (Wildman–Crippen LogP) is 3.38. The minimum Gasteiger partial charge on any atom is -0.248 e. The van der Waals surface area contributed by atoms with E-state index >= 15 is 0 Å². The van der Waals surface area contributed by atoms with Crippen molar-refractivity contribution in [2.45, 2.75) is 31.7 Å². The van der Waals surface area contributed by atoms with Gasteiger partial charge in [0.2, 0.25) is 0 Å². The summed E-state index contributed by atoms with van der Waals surface area (Å²) >= 11 is 6.13. The van der Waals surface area contributed by atoms with Gasteiger partial charge >= 0.3 is 0 Å². The van der Waals surface area contributed by atoms with Gasteiger partial charge in [0.1, 0.15) is 10.0 Å². The first-order chi connectivity index (χ1) is 9.34. The highest BCUT2D eigenvalue weighted by molar-refractivity contribution is 8.13. The van der Waals surface area contributed by atoms with Crippen molar-refractivity contribution in [2.24, 2.45) is 0 Å². The standard InChI is InChI=1S/C13H14Cl2N2O2S/c1-3-11-12(20(15,18)19)13(14)17(16-11)8-10-7-5-4-6-9(10)2/h4-7H,3,8H2,1-2H3. The van der Waals surface area contributed by atoms with E-state index in [1.54, 1.807) is 0 Å². The molecule has 0 spiro atoms. The Morgan fingerprint density at radius 1 is 1.30 bits per heavy atom. The molecule has 108 valence electrons. The lowest BCUT2D eigenvalue weighted by Crippen LogP contribution is -2.04. The zero-order valence-electron chi connectivity index (χ0n) is 11.1. The maximum absolute atomic E-state index is 11.6. The number of aryl methyl sites for hydroxylation is 2. The van der Waals surface area contributed by atoms with E-state index in [-0.39, 0.29) is 10.0 Å². The van der Waals surface area contributed by atoms with Gasteiger partial charge in [-0.25, -0.2) is 13.1 Å². The second-order valence-electron chi connectivity index (χ2n) is 4.44. The van der Waals surface area contributed by atoms with Gasteiger partial charge < -0.3 is 0 Å². The average molecular weight is 333 g/mol. The number of halogens is 2. The lowest BCUT2D eigenvalue weighted by molar-refractivity contribution is 0.608. The SMILES string of the molecule is CCc1nn(Cc2ccccc2C)c(Cl)c1S(=O)(=O)Cl. The van der Waals surface area contributed by atoms with E-state index in [4.69, 9.17) is 22.3 Å². The Labute approximate surface area is 127 Å². The molecule has 0 saturated heterocycles. The summed E-state index contributed by atoms with van der Waals surface area (Å²) in [6.07, 6.45) is 0.446. The fraction of sp³-hybridized carbons (Fsp3) is 0.308. The van der Waals surface area contributed by atoms with E-state index in [0.29, 0.717) is 18.7 Å². The van der Waals surface area contributed by atoms with Gasteiger partial charge in [-0.15, -0.1) is 0 Å². The zero-order valence-corrected chi connectivity index (χ0v) is 13.4. The molecule has 2 rings (SSSR count). The summed E-state index contributed by atoms with van der Waals surface area (Å²) in [5.74, 6) is 0. The molecular formula is C13H14Cl2N2O2S. The van der Waals surface area contributed by atoms with E-state index in [9.17, 15) is 8.42 Å². The third-order valence-corrected chi connectivity index (χ3v) is 4.95. The molecule has 0 amide bonds. The number of rotatable bonds is 4. The topological polar surface area (TPSA) is 52.0 Å². The van der Waals surface area contributed by atoms with Crippen LogP contribution in [0.1, 0.15) is 23.7 Å². The molecule has 1 aromatic carbocycles. The number of hydrogen-bond donors (Lipinski definition) is 0. The molecule has 0 aliphatic rings. The smallest absolute Gasteiger partial charge is 0.248 e. The lowest BCUT2D eigenvalue weighted by Gasteiger charge is -2.06. The normalized spacial score (nSPS) is 11.8. The summed E-state index contributed by atoms with van der Waals surface area (Å²) in [6.45, 7) is 4.19. The Kier molecular flexibility index (Phi) is 4.42. The molecule has 0 fully saturated rings. The first-order valence-corrected chi connectivity index (χ1v) is 8.77. The second-order valence-corrected chi connectivity index (χ2v) is 7.30. The Bertz CT molecular complexity index is 739. The summed E-state index contributed by atoms with van der Waals surface area (Å²) in [6, 6.07) is 7.79. The van der Waals surface area contributed by atoms with Crippen molar-refractivity contribution >= 4 is 31.3 Å². The summed E-state index contributed by atoms with van der Waals surface area (Å²) < 4.78 is 24.7. The molecule has 0 N–H and O–H groups in total. The first-order valence-electron chi connectivity index (χ1n) is 6.09. The number of benzene rings is 1. The zero-order chi connectivity index (χ0) is 14.9. The fourth-order valence-corrected chi connectivity index (χ4v) is 3.89. The Hall–Kier alpha value is -1.04. The summed E-state index contributed by atoms with van der Waals surface area (Å²) in [4.78, 5) is -0.0862. The highest BCUT2D eigenvalue weighted by Gasteiger charge is 2.25. The van der Waals surface area contributed by atoms with Crippen molar-refractivity contribution in [3.63, 3.8) is 0 Å². The fourth-order valence-electron chi connectivity index (χ4n) is 2.00. The maximum Gasteiger partial charge on any atom is 0.266 e. The van der Waals surface area contributed by atoms with Crippen molar-refractivity contribution in [1.82, 2.24) is 9.78 Å². The first kappa shape index (κ1) is 15.4. The molecule has 0 atom stereocenters. The van der Waals surface area contributed by atoms with Gasteiger partial charge in [-0.2, -0.15) is 5.10 Å². The van der Waals surface area contributed by atoms with Gasteiger partial charge in [-0.05, 0) is 24.5 Å². The largest absolute Gasteiger partial charge is 0.266 e. The molecular weight excluding hydrogens is 319 g/mol. The van der Waals surface area contributed by atoms with Crippen LogP contribution in [0.2, 0.25) is 5.15 Å². The second kappa shape index (κ2) is 5.76. The van der Waals surface area contributed by atoms with E-state index < -0.39 is 9.05 Å². The van der Waals surface area contributed by atoms with Crippen LogP contribution in [-0.2, 0) is 22.0 Å². The maximum atomic E-state index is 11.6. The van der Waals surface area contributed by atoms with Crippen LogP contribution in [0.4, 0.5) is 0 Å².